The van der Waals surface area contributed by atoms with Gasteiger partial charge >= 0.3 is 12.1 Å². The minimum absolute atomic E-state index is 0.0159. The Morgan fingerprint density at radius 3 is 2.69 bits per heavy atom. The molecule has 0 unspecified atom stereocenters. The van der Waals surface area contributed by atoms with Crippen LogP contribution in [0.4, 0.5) is 19.0 Å². The number of carboxylic acids is 1. The van der Waals surface area contributed by atoms with Crippen LogP contribution in [0.2, 0.25) is 0 Å². The Morgan fingerprint density at radius 1 is 1.31 bits per heavy atom. The molecule has 2 aromatic rings. The zero-order chi connectivity index (χ0) is 21.2. The van der Waals surface area contributed by atoms with Crippen molar-refractivity contribution in [2.45, 2.75) is 32.0 Å². The third-order valence-electron chi connectivity index (χ3n) is 4.78. The van der Waals surface area contributed by atoms with Crippen molar-refractivity contribution in [3.8, 4) is 17.0 Å². The molecule has 3 N–H and O–H groups in total. The topological polar surface area (TPSA) is 98.6 Å². The number of aryl methyl sites for hydroxylation is 1. The van der Waals surface area contributed by atoms with E-state index in [1.807, 2.05) is 4.90 Å². The number of nitrogens with zero attached hydrogens (tertiary/aromatic N) is 3. The minimum atomic E-state index is -4.54. The molecule has 0 bridgehead atoms. The summed E-state index contributed by atoms with van der Waals surface area (Å²) in [6, 6.07) is 4.45. The zero-order valence-corrected chi connectivity index (χ0v) is 15.7. The Morgan fingerprint density at radius 2 is 2.07 bits per heavy atom. The molecule has 1 fully saturated rings. The highest BCUT2D eigenvalue weighted by Gasteiger charge is 2.31. The lowest BCUT2D eigenvalue weighted by atomic mass is 10.0. The van der Waals surface area contributed by atoms with Gasteiger partial charge in [0.2, 0.25) is 0 Å². The molecule has 0 amide bonds. The van der Waals surface area contributed by atoms with E-state index in [-0.39, 0.29) is 23.8 Å². The van der Waals surface area contributed by atoms with Crippen LogP contribution in [0, 0.1) is 6.92 Å². The van der Waals surface area contributed by atoms with E-state index in [2.05, 4.69) is 15.5 Å². The summed E-state index contributed by atoms with van der Waals surface area (Å²) >= 11 is 0. The van der Waals surface area contributed by atoms with E-state index in [1.165, 1.54) is 6.07 Å². The molecule has 2 heterocycles. The van der Waals surface area contributed by atoms with E-state index < -0.39 is 23.5 Å². The number of anilines is 1. The van der Waals surface area contributed by atoms with Gasteiger partial charge in [0.05, 0.1) is 17.8 Å². The molecule has 1 aliphatic heterocycles. The largest absolute Gasteiger partial charge is 0.507 e. The standard InChI is InChI=1S/C19H21F3N4O3/c1-11-7-16(23-13-3-2-6-26(9-13)10-17(28)29)24-25-18(11)14-5-4-12(8-15(14)27)19(20,21)22/h4-5,7-8,13,27H,2-3,6,9-10H2,1H3,(H,23,24)(H,28,29)/t13-/m1/s1. The number of benzene rings is 1. The summed E-state index contributed by atoms with van der Waals surface area (Å²) in [7, 11) is 0. The summed E-state index contributed by atoms with van der Waals surface area (Å²) in [5.41, 5.74) is 0.152. The fraction of sp³-hybridized carbons (Fsp3) is 0.421. The molecule has 156 valence electrons. The number of rotatable bonds is 5. The SMILES string of the molecule is Cc1cc(N[C@@H]2CCCN(CC(=O)O)C2)nnc1-c1ccc(C(F)(F)F)cc1O. The number of likely N-dealkylation sites (tertiary alicyclic amines) is 1. The number of aromatic hydroxyl groups is 1. The molecule has 0 radical (unpaired) electrons. The number of aromatic nitrogens is 2. The summed E-state index contributed by atoms with van der Waals surface area (Å²) in [5, 5.41) is 30.3. The highest BCUT2D eigenvalue weighted by atomic mass is 19.4. The van der Waals surface area contributed by atoms with Crippen LogP contribution >= 0.6 is 0 Å². The van der Waals surface area contributed by atoms with Crippen molar-refractivity contribution >= 4 is 11.8 Å². The van der Waals surface area contributed by atoms with Gasteiger partial charge in [0.1, 0.15) is 11.6 Å². The van der Waals surface area contributed by atoms with Gasteiger partial charge in [0.25, 0.3) is 0 Å². The Labute approximate surface area is 165 Å². The third-order valence-corrected chi connectivity index (χ3v) is 4.78. The highest BCUT2D eigenvalue weighted by molar-refractivity contribution is 5.70. The van der Waals surface area contributed by atoms with Crippen LogP contribution in [0.1, 0.15) is 24.0 Å². The first-order chi connectivity index (χ1) is 13.6. The summed E-state index contributed by atoms with van der Waals surface area (Å²) in [6.07, 6.45) is -2.83. The van der Waals surface area contributed by atoms with Gasteiger partial charge in [-0.25, -0.2) is 0 Å². The van der Waals surface area contributed by atoms with Gasteiger partial charge in [-0.3, -0.25) is 9.69 Å². The number of hydrogen-bond acceptors (Lipinski definition) is 6. The van der Waals surface area contributed by atoms with Gasteiger partial charge in [0.15, 0.2) is 0 Å². The number of alkyl halides is 3. The second kappa shape index (κ2) is 8.24. The summed E-state index contributed by atoms with van der Waals surface area (Å²) in [5.74, 6) is -0.906. The number of halogens is 3. The molecule has 3 rings (SSSR count). The molecular weight excluding hydrogens is 389 g/mol. The predicted octanol–water partition coefficient (Wildman–Crippen LogP) is 3.14. The van der Waals surface area contributed by atoms with E-state index in [4.69, 9.17) is 5.11 Å². The zero-order valence-electron chi connectivity index (χ0n) is 15.7. The third kappa shape index (κ3) is 5.14. The molecule has 29 heavy (non-hydrogen) atoms. The number of aliphatic carboxylic acids is 1. The van der Waals surface area contributed by atoms with Crippen LogP contribution in [-0.2, 0) is 11.0 Å². The van der Waals surface area contributed by atoms with Gasteiger partial charge in [0, 0.05) is 18.2 Å². The number of nitrogens with one attached hydrogen (secondary N) is 1. The fourth-order valence-electron chi connectivity index (χ4n) is 3.45. The molecule has 0 aliphatic carbocycles. The Bertz CT molecular complexity index is 905. The summed E-state index contributed by atoms with van der Waals surface area (Å²) in [6.45, 7) is 2.99. The monoisotopic (exact) mass is 410 g/mol. The second-order valence-electron chi connectivity index (χ2n) is 7.10. The average molecular weight is 410 g/mol. The van der Waals surface area contributed by atoms with Crippen LogP contribution in [0.5, 0.6) is 5.75 Å². The summed E-state index contributed by atoms with van der Waals surface area (Å²) in [4.78, 5) is 12.7. The Balaban J connectivity index is 1.75. The average Bonchev–Trinajstić information content (AvgIpc) is 2.61. The maximum Gasteiger partial charge on any atom is 0.416 e. The maximum atomic E-state index is 12.8. The van der Waals surface area contributed by atoms with Crippen LogP contribution in [0.25, 0.3) is 11.3 Å². The molecular formula is C19H21F3N4O3. The lowest BCUT2D eigenvalue weighted by Gasteiger charge is -2.32. The van der Waals surface area contributed by atoms with Crippen LogP contribution in [0.3, 0.4) is 0 Å². The van der Waals surface area contributed by atoms with Crippen molar-refractivity contribution in [1.29, 1.82) is 0 Å². The molecule has 10 heteroatoms. The van der Waals surface area contributed by atoms with Crippen molar-refractivity contribution in [3.63, 3.8) is 0 Å². The molecule has 1 atom stereocenters. The number of carboxylic acid groups (broad SMARTS) is 1. The van der Waals surface area contributed by atoms with Crippen molar-refractivity contribution < 1.29 is 28.2 Å². The minimum Gasteiger partial charge on any atom is -0.507 e. The first kappa shape index (κ1) is 20.8. The van der Waals surface area contributed by atoms with Crippen LogP contribution in [0.15, 0.2) is 24.3 Å². The number of carbonyl (C=O) groups is 1. The number of piperidine rings is 1. The smallest absolute Gasteiger partial charge is 0.416 e. The number of phenolic OH excluding ortho intramolecular Hbond substituents is 1. The maximum absolute atomic E-state index is 12.8. The Hall–Kier alpha value is -2.88. The van der Waals surface area contributed by atoms with E-state index in [1.54, 1.807) is 13.0 Å². The molecule has 1 aliphatic rings. The molecule has 7 nitrogen and oxygen atoms in total. The van der Waals surface area contributed by atoms with E-state index in [9.17, 15) is 23.1 Å². The first-order valence-electron chi connectivity index (χ1n) is 9.09. The van der Waals surface area contributed by atoms with E-state index >= 15 is 0 Å². The highest BCUT2D eigenvalue weighted by Crippen LogP contribution is 2.36. The first-order valence-corrected chi connectivity index (χ1v) is 9.09. The van der Waals surface area contributed by atoms with Crippen LogP contribution in [-0.4, -0.2) is 57.0 Å². The Kier molecular flexibility index (Phi) is 5.92. The van der Waals surface area contributed by atoms with Crippen LogP contribution < -0.4 is 5.32 Å². The number of hydrogen-bond donors (Lipinski definition) is 3. The van der Waals surface area contributed by atoms with Crippen molar-refractivity contribution in [2.24, 2.45) is 0 Å². The molecule has 1 aromatic carbocycles. The van der Waals surface area contributed by atoms with Gasteiger partial charge in [-0.2, -0.15) is 13.2 Å². The lowest BCUT2D eigenvalue weighted by molar-refractivity contribution is -0.139. The normalized spacial score (nSPS) is 17.9. The summed E-state index contributed by atoms with van der Waals surface area (Å²) < 4.78 is 38.3. The lowest BCUT2D eigenvalue weighted by Crippen LogP contribution is -2.44. The molecule has 1 saturated heterocycles. The van der Waals surface area contributed by atoms with Crippen molar-refractivity contribution in [1.82, 2.24) is 15.1 Å². The fourth-order valence-corrected chi connectivity index (χ4v) is 3.45. The van der Waals surface area contributed by atoms with Crippen molar-refractivity contribution in [2.75, 3.05) is 25.0 Å². The van der Waals surface area contributed by atoms with Gasteiger partial charge in [-0.05, 0) is 56.1 Å². The van der Waals surface area contributed by atoms with E-state index in [0.717, 1.165) is 25.5 Å². The van der Waals surface area contributed by atoms with Gasteiger partial charge in [-0.1, -0.05) is 0 Å². The quantitative estimate of drug-likeness (QED) is 0.697. The number of phenols is 1. The molecule has 1 aromatic heterocycles. The molecule has 0 spiro atoms. The predicted molar refractivity (Wildman–Crippen MR) is 99.6 cm³/mol. The molecule has 0 saturated carbocycles. The van der Waals surface area contributed by atoms with Gasteiger partial charge < -0.3 is 15.5 Å². The van der Waals surface area contributed by atoms with Crippen molar-refractivity contribution in [3.05, 3.63) is 35.4 Å². The van der Waals surface area contributed by atoms with E-state index in [0.29, 0.717) is 24.0 Å². The van der Waals surface area contributed by atoms with Gasteiger partial charge in [-0.15, -0.1) is 10.2 Å². The second-order valence-corrected chi connectivity index (χ2v) is 7.10.